The van der Waals surface area contributed by atoms with Gasteiger partial charge in [-0.25, -0.2) is 8.42 Å². The molecule has 0 aliphatic carbocycles. The SMILES string of the molecule is Cc1ccc(-c2nnc(CCC(=O)NCc3ccc(S(=O)(=O)N4CCCC4)cc3)o2)cc1. The van der Waals surface area contributed by atoms with Crippen LogP contribution in [0, 0.1) is 6.92 Å². The first-order chi connectivity index (χ1) is 15.4. The van der Waals surface area contributed by atoms with Crippen molar-refractivity contribution in [1.82, 2.24) is 19.8 Å². The van der Waals surface area contributed by atoms with Crippen molar-refractivity contribution in [2.75, 3.05) is 13.1 Å². The highest BCUT2D eigenvalue weighted by Gasteiger charge is 2.26. The van der Waals surface area contributed by atoms with Crippen molar-refractivity contribution >= 4 is 15.9 Å². The van der Waals surface area contributed by atoms with Crippen LogP contribution in [0.3, 0.4) is 0 Å². The van der Waals surface area contributed by atoms with E-state index in [0.717, 1.165) is 29.5 Å². The topological polar surface area (TPSA) is 105 Å². The predicted molar refractivity (Wildman–Crippen MR) is 119 cm³/mol. The predicted octanol–water partition coefficient (Wildman–Crippen LogP) is 3.08. The maximum absolute atomic E-state index is 12.6. The molecule has 32 heavy (non-hydrogen) atoms. The Labute approximate surface area is 187 Å². The third-order valence-corrected chi connectivity index (χ3v) is 7.36. The van der Waals surface area contributed by atoms with E-state index in [9.17, 15) is 13.2 Å². The van der Waals surface area contributed by atoms with Gasteiger partial charge in [-0.15, -0.1) is 10.2 Å². The Morgan fingerprint density at radius 1 is 1.03 bits per heavy atom. The number of rotatable bonds is 8. The van der Waals surface area contributed by atoms with Crippen molar-refractivity contribution in [1.29, 1.82) is 0 Å². The Balaban J connectivity index is 1.26. The molecule has 0 atom stereocenters. The molecule has 1 saturated heterocycles. The summed E-state index contributed by atoms with van der Waals surface area (Å²) >= 11 is 0. The van der Waals surface area contributed by atoms with Crippen LogP contribution in [0.15, 0.2) is 57.8 Å². The molecule has 1 N–H and O–H groups in total. The van der Waals surface area contributed by atoms with Crippen LogP contribution in [0.5, 0.6) is 0 Å². The van der Waals surface area contributed by atoms with Crippen molar-refractivity contribution in [2.24, 2.45) is 0 Å². The van der Waals surface area contributed by atoms with Crippen LogP contribution in [0.1, 0.15) is 36.3 Å². The standard InChI is InChI=1S/C23H26N4O4S/c1-17-4-8-19(9-5-17)23-26-25-22(31-23)13-12-21(28)24-16-18-6-10-20(11-7-18)32(29,30)27-14-2-3-15-27/h4-11H,2-3,12-16H2,1H3,(H,24,28). The van der Waals surface area contributed by atoms with Gasteiger partial charge in [0.1, 0.15) is 0 Å². The molecule has 0 saturated carbocycles. The zero-order chi connectivity index (χ0) is 22.6. The van der Waals surface area contributed by atoms with Gasteiger partial charge in [-0.2, -0.15) is 4.31 Å². The summed E-state index contributed by atoms with van der Waals surface area (Å²) in [5.74, 6) is 0.699. The molecule has 1 aromatic heterocycles. The number of benzene rings is 2. The lowest BCUT2D eigenvalue weighted by Crippen LogP contribution is -2.28. The smallest absolute Gasteiger partial charge is 0.247 e. The number of amides is 1. The molecule has 9 heteroatoms. The van der Waals surface area contributed by atoms with Crippen LogP contribution < -0.4 is 5.32 Å². The number of aromatic nitrogens is 2. The number of carbonyl (C=O) groups excluding carboxylic acids is 1. The highest BCUT2D eigenvalue weighted by atomic mass is 32.2. The summed E-state index contributed by atoms with van der Waals surface area (Å²) in [7, 11) is -3.42. The number of carbonyl (C=O) groups is 1. The van der Waals surface area contributed by atoms with Crippen molar-refractivity contribution in [3.63, 3.8) is 0 Å². The first-order valence-electron chi connectivity index (χ1n) is 10.7. The second kappa shape index (κ2) is 9.62. The van der Waals surface area contributed by atoms with Crippen LogP contribution in [-0.4, -0.2) is 41.9 Å². The van der Waals surface area contributed by atoms with E-state index in [2.05, 4.69) is 15.5 Å². The highest BCUT2D eigenvalue weighted by Crippen LogP contribution is 2.21. The van der Waals surface area contributed by atoms with Crippen LogP contribution in [0.2, 0.25) is 0 Å². The lowest BCUT2D eigenvalue weighted by atomic mass is 10.1. The zero-order valence-electron chi connectivity index (χ0n) is 18.0. The molecule has 1 aliphatic rings. The van der Waals surface area contributed by atoms with E-state index in [1.807, 2.05) is 31.2 Å². The van der Waals surface area contributed by atoms with Gasteiger partial charge in [-0.1, -0.05) is 29.8 Å². The molecule has 0 radical (unpaired) electrons. The minimum atomic E-state index is -3.42. The van der Waals surface area contributed by atoms with E-state index in [1.54, 1.807) is 24.3 Å². The molecule has 0 spiro atoms. The molecule has 4 rings (SSSR count). The number of hydrogen-bond donors (Lipinski definition) is 1. The number of sulfonamides is 1. The van der Waals surface area contributed by atoms with E-state index >= 15 is 0 Å². The molecule has 8 nitrogen and oxygen atoms in total. The number of nitrogens with zero attached hydrogens (tertiary/aromatic N) is 3. The summed E-state index contributed by atoms with van der Waals surface area (Å²) in [5.41, 5.74) is 2.82. The fraction of sp³-hybridized carbons (Fsp3) is 0.348. The summed E-state index contributed by atoms with van der Waals surface area (Å²) in [5, 5.41) is 10.9. The van der Waals surface area contributed by atoms with Crippen molar-refractivity contribution in [3.8, 4) is 11.5 Å². The molecule has 1 fully saturated rings. The van der Waals surface area contributed by atoms with Gasteiger partial charge in [-0.05, 0) is 49.6 Å². The highest BCUT2D eigenvalue weighted by molar-refractivity contribution is 7.89. The molecule has 0 unspecified atom stereocenters. The van der Waals surface area contributed by atoms with E-state index < -0.39 is 10.0 Å². The van der Waals surface area contributed by atoms with Gasteiger partial charge >= 0.3 is 0 Å². The third kappa shape index (κ3) is 5.23. The van der Waals surface area contributed by atoms with Crippen molar-refractivity contribution in [3.05, 3.63) is 65.5 Å². The summed E-state index contributed by atoms with van der Waals surface area (Å²) in [6.07, 6.45) is 2.37. The number of aryl methyl sites for hydroxylation is 2. The summed E-state index contributed by atoms with van der Waals surface area (Å²) in [6.45, 7) is 3.48. The van der Waals surface area contributed by atoms with Crippen LogP contribution in [-0.2, 0) is 27.8 Å². The zero-order valence-corrected chi connectivity index (χ0v) is 18.8. The van der Waals surface area contributed by atoms with Crippen LogP contribution in [0.25, 0.3) is 11.5 Å². The molecule has 1 aliphatic heterocycles. The molecule has 168 valence electrons. The molecule has 0 bridgehead atoms. The van der Waals surface area contributed by atoms with E-state index in [0.29, 0.717) is 37.8 Å². The van der Waals surface area contributed by atoms with E-state index in [-0.39, 0.29) is 17.2 Å². The van der Waals surface area contributed by atoms with Gasteiger partial charge in [0.05, 0.1) is 4.90 Å². The molecular weight excluding hydrogens is 428 g/mol. The number of hydrogen-bond acceptors (Lipinski definition) is 6. The second-order valence-electron chi connectivity index (χ2n) is 7.90. The third-order valence-electron chi connectivity index (χ3n) is 5.45. The fourth-order valence-corrected chi connectivity index (χ4v) is 5.05. The average Bonchev–Trinajstić information content (AvgIpc) is 3.50. The monoisotopic (exact) mass is 454 g/mol. The van der Waals surface area contributed by atoms with Crippen molar-refractivity contribution in [2.45, 2.75) is 44.0 Å². The van der Waals surface area contributed by atoms with Crippen molar-refractivity contribution < 1.29 is 17.6 Å². The Bertz CT molecular complexity index is 1170. The maximum Gasteiger partial charge on any atom is 0.247 e. The Hall–Kier alpha value is -3.04. The Morgan fingerprint density at radius 2 is 1.72 bits per heavy atom. The normalized spacial score (nSPS) is 14.5. The van der Waals surface area contributed by atoms with Gasteiger partial charge in [0, 0.05) is 38.0 Å². The first kappa shape index (κ1) is 22.2. The summed E-state index contributed by atoms with van der Waals surface area (Å²) in [4.78, 5) is 12.5. The van der Waals surface area contributed by atoms with Gasteiger partial charge in [0.25, 0.3) is 0 Å². The Kier molecular flexibility index (Phi) is 6.66. The minimum absolute atomic E-state index is 0.145. The summed E-state index contributed by atoms with van der Waals surface area (Å²) in [6, 6.07) is 14.4. The molecular formula is C23H26N4O4S. The van der Waals surface area contributed by atoms with Gasteiger partial charge < -0.3 is 9.73 Å². The van der Waals surface area contributed by atoms with Gasteiger partial charge in [-0.3, -0.25) is 4.79 Å². The molecule has 2 heterocycles. The van der Waals surface area contributed by atoms with E-state index in [1.165, 1.54) is 4.31 Å². The molecule has 3 aromatic rings. The average molecular weight is 455 g/mol. The van der Waals surface area contributed by atoms with Gasteiger partial charge in [0.2, 0.25) is 27.7 Å². The number of nitrogens with one attached hydrogen (secondary N) is 1. The van der Waals surface area contributed by atoms with Crippen LogP contribution in [0.4, 0.5) is 0 Å². The first-order valence-corrected chi connectivity index (χ1v) is 12.1. The molecule has 1 amide bonds. The van der Waals surface area contributed by atoms with E-state index in [4.69, 9.17) is 4.42 Å². The quantitative estimate of drug-likeness (QED) is 0.561. The van der Waals surface area contributed by atoms with Gasteiger partial charge in [0.15, 0.2) is 0 Å². The van der Waals surface area contributed by atoms with Crippen LogP contribution >= 0.6 is 0 Å². The lowest BCUT2D eigenvalue weighted by Gasteiger charge is -2.15. The largest absolute Gasteiger partial charge is 0.421 e. The minimum Gasteiger partial charge on any atom is -0.421 e. The fourth-order valence-electron chi connectivity index (χ4n) is 3.53. The second-order valence-corrected chi connectivity index (χ2v) is 9.84. The maximum atomic E-state index is 12.6. The lowest BCUT2D eigenvalue weighted by molar-refractivity contribution is -0.121. The summed E-state index contributed by atoms with van der Waals surface area (Å²) < 4.78 is 32.3. The Morgan fingerprint density at radius 3 is 2.41 bits per heavy atom. The molecule has 2 aromatic carbocycles.